The van der Waals surface area contributed by atoms with Crippen molar-refractivity contribution >= 4 is 0 Å². The topological polar surface area (TPSA) is 20.2 Å². The highest BCUT2D eigenvalue weighted by Gasteiger charge is 2.65. The zero-order valence-electron chi connectivity index (χ0n) is 44.4. The van der Waals surface area contributed by atoms with Crippen LogP contribution in [0.4, 0.5) is 0 Å². The van der Waals surface area contributed by atoms with Gasteiger partial charge in [0, 0.05) is 0 Å². The molecule has 0 aromatic rings. The van der Waals surface area contributed by atoms with Crippen molar-refractivity contribution < 1.29 is 5.11 Å². The molecule has 14 atom stereocenters. The molecular weight excluding hydrogens is 749 g/mol. The van der Waals surface area contributed by atoms with Gasteiger partial charge in [0.2, 0.25) is 0 Å². The van der Waals surface area contributed by atoms with Gasteiger partial charge in [-0.05, 0) is 241 Å². The molecule has 8 aliphatic carbocycles. The summed E-state index contributed by atoms with van der Waals surface area (Å²) in [4.78, 5) is 0. The quantitative estimate of drug-likeness (QED) is 0.241. The fraction of sp³-hybridized carbons (Fsp3) is 0.869. The summed E-state index contributed by atoms with van der Waals surface area (Å²) in [5.41, 5.74) is 13.7. The van der Waals surface area contributed by atoms with Crippen molar-refractivity contribution in [1.82, 2.24) is 0 Å². The second-order valence-corrected chi connectivity index (χ2v) is 27.5. The van der Waals surface area contributed by atoms with Gasteiger partial charge in [0.25, 0.3) is 0 Å². The molecule has 4 saturated carbocycles. The predicted octanol–water partition coefficient (Wildman–Crippen LogP) is 18.2. The Balaban J connectivity index is 0.000000186. The van der Waals surface area contributed by atoms with Crippen LogP contribution in [0.5, 0.6) is 0 Å². The normalized spacial score (nSPS) is 44.9. The number of hydrogen-bond donors (Lipinski definition) is 1. The van der Waals surface area contributed by atoms with Crippen LogP contribution in [0.15, 0.2) is 45.6 Å². The largest absolute Gasteiger partial charge is 0.393 e. The fourth-order valence-corrected chi connectivity index (χ4v) is 19.1. The van der Waals surface area contributed by atoms with Crippen molar-refractivity contribution in [1.29, 1.82) is 0 Å². The average Bonchev–Trinajstić information content (AvgIpc) is 3.64. The molecule has 0 radical (unpaired) electrons. The molecule has 62 heavy (non-hydrogen) atoms. The molecule has 1 nitrogen and oxygen atoms in total. The van der Waals surface area contributed by atoms with E-state index in [-0.39, 0.29) is 11.5 Å². The lowest BCUT2D eigenvalue weighted by atomic mass is 9.42. The Kier molecular flexibility index (Phi) is 13.3. The number of allylic oxidation sites excluding steroid dienone is 8. The van der Waals surface area contributed by atoms with Gasteiger partial charge in [-0.2, -0.15) is 0 Å². The summed E-state index contributed by atoms with van der Waals surface area (Å²) in [5.74, 6) is 5.84. The number of aliphatic hydroxyl groups excluding tert-OH is 1. The first-order valence-corrected chi connectivity index (χ1v) is 27.2. The van der Waals surface area contributed by atoms with Crippen LogP contribution in [0.3, 0.4) is 0 Å². The first-order valence-electron chi connectivity index (χ1n) is 27.2. The number of fused-ring (bicyclic) bond motifs is 8. The Morgan fingerprint density at radius 1 is 0.516 bits per heavy atom. The molecule has 4 unspecified atom stereocenters. The summed E-state index contributed by atoms with van der Waals surface area (Å²) in [6.45, 7) is 42.5. The van der Waals surface area contributed by atoms with Gasteiger partial charge in [0.05, 0.1) is 6.10 Å². The zero-order chi connectivity index (χ0) is 45.6. The van der Waals surface area contributed by atoms with E-state index in [0.717, 1.165) is 41.9 Å². The number of hydrogen-bond acceptors (Lipinski definition) is 1. The monoisotopic (exact) mass is 851 g/mol. The highest BCUT2D eigenvalue weighted by molar-refractivity contribution is 5.40. The van der Waals surface area contributed by atoms with E-state index in [1.807, 2.05) is 22.3 Å². The second kappa shape index (κ2) is 16.9. The van der Waals surface area contributed by atoms with Crippen LogP contribution in [-0.2, 0) is 0 Å². The average molecular weight is 851 g/mol. The lowest BCUT2D eigenvalue weighted by Crippen LogP contribution is -2.55. The summed E-state index contributed by atoms with van der Waals surface area (Å²) in [6.07, 6.45) is 31.7. The summed E-state index contributed by atoms with van der Waals surface area (Å²) >= 11 is 0. The van der Waals surface area contributed by atoms with Gasteiger partial charge in [-0.25, -0.2) is 0 Å². The molecule has 0 bridgehead atoms. The van der Waals surface area contributed by atoms with Crippen LogP contribution >= 0.6 is 0 Å². The molecule has 0 saturated heterocycles. The Morgan fingerprint density at radius 3 is 1.34 bits per heavy atom. The summed E-state index contributed by atoms with van der Waals surface area (Å²) < 4.78 is 0. The predicted molar refractivity (Wildman–Crippen MR) is 269 cm³/mol. The Bertz CT molecular complexity index is 1660. The molecular formula is C61H102O. The van der Waals surface area contributed by atoms with Crippen LogP contribution in [0.1, 0.15) is 246 Å². The van der Waals surface area contributed by atoms with Gasteiger partial charge in [-0.1, -0.05) is 136 Å². The van der Waals surface area contributed by atoms with Crippen molar-refractivity contribution in [2.75, 3.05) is 0 Å². The number of aliphatic hydroxyl groups is 1. The molecule has 0 aliphatic heterocycles. The maximum Gasteiger partial charge on any atom is 0.0594 e. The van der Waals surface area contributed by atoms with E-state index in [1.165, 1.54) is 133 Å². The summed E-state index contributed by atoms with van der Waals surface area (Å²) in [6, 6.07) is 0. The molecule has 4 fully saturated rings. The van der Waals surface area contributed by atoms with Crippen LogP contribution in [-0.4, -0.2) is 11.2 Å². The van der Waals surface area contributed by atoms with Crippen LogP contribution in [0, 0.1) is 84.7 Å². The molecule has 1 heteroatoms. The smallest absolute Gasteiger partial charge is 0.0594 e. The van der Waals surface area contributed by atoms with Gasteiger partial charge in [0.1, 0.15) is 0 Å². The Labute approximate surface area is 386 Å². The van der Waals surface area contributed by atoms with Crippen molar-refractivity contribution in [3.05, 3.63) is 45.6 Å². The highest BCUT2D eigenvalue weighted by Crippen LogP contribution is 2.74. The first kappa shape index (κ1) is 48.8. The van der Waals surface area contributed by atoms with Crippen molar-refractivity contribution in [3.63, 3.8) is 0 Å². The summed E-state index contributed by atoms with van der Waals surface area (Å²) in [7, 11) is 0. The second-order valence-electron chi connectivity index (χ2n) is 27.5. The van der Waals surface area contributed by atoms with Gasteiger partial charge >= 0.3 is 0 Å². The summed E-state index contributed by atoms with van der Waals surface area (Å²) in [5, 5.41) is 10.8. The number of rotatable bonds is 8. The minimum atomic E-state index is -0.130. The van der Waals surface area contributed by atoms with Crippen LogP contribution in [0.2, 0.25) is 0 Å². The molecule has 1 N–H and O–H groups in total. The minimum Gasteiger partial charge on any atom is -0.393 e. The van der Waals surface area contributed by atoms with E-state index in [9.17, 15) is 5.11 Å². The van der Waals surface area contributed by atoms with Crippen molar-refractivity contribution in [2.45, 2.75) is 252 Å². The molecule has 0 aromatic heterocycles. The van der Waals surface area contributed by atoms with Gasteiger partial charge in [-0.15, -0.1) is 0 Å². The molecule has 0 aromatic carbocycles. The van der Waals surface area contributed by atoms with E-state index in [2.05, 4.69) is 130 Å². The van der Waals surface area contributed by atoms with Gasteiger partial charge in [0.15, 0.2) is 0 Å². The molecule has 8 rings (SSSR count). The maximum absolute atomic E-state index is 10.8. The van der Waals surface area contributed by atoms with E-state index in [4.69, 9.17) is 0 Å². The zero-order valence-corrected chi connectivity index (χ0v) is 44.4. The maximum atomic E-state index is 10.8. The minimum absolute atomic E-state index is 0.0465. The third-order valence-electron chi connectivity index (χ3n) is 23.9. The lowest BCUT2D eigenvalue weighted by molar-refractivity contribution is -0.0962. The van der Waals surface area contributed by atoms with E-state index in [1.54, 1.807) is 0 Å². The SMILES string of the molecule is CC(C)=CCCC(C)C1CC[C@@]2(C)C3=C(CC[C@]12C)[C@@]1(C)CC[C@H](C)C(C)(C)[C@@H]1CC3.CC(C)=CCCC(C)C1CC[C@@]2(C)C3=C(CC[C@]12C)[C@@]1(C)CC[C@H](O)C(C)(C)[C@@H]1CC3. The Hall–Kier alpha value is -1.08. The van der Waals surface area contributed by atoms with Crippen molar-refractivity contribution in [2.24, 2.45) is 84.7 Å². The van der Waals surface area contributed by atoms with Crippen molar-refractivity contribution in [3.8, 4) is 0 Å². The third kappa shape index (κ3) is 7.45. The van der Waals surface area contributed by atoms with Gasteiger partial charge in [-0.3, -0.25) is 0 Å². The fourth-order valence-electron chi connectivity index (χ4n) is 19.1. The van der Waals surface area contributed by atoms with E-state index >= 15 is 0 Å². The molecule has 0 heterocycles. The standard InChI is InChI=1S/C31H52.C30H50O/c1-21(2)11-10-12-22(3)24-16-19-31(9)26-13-14-27-28(5,6)23(4)15-18-29(27,7)25(26)17-20-30(24,31)8;1-20(2)10-9-11-21(3)22-14-18-30(8)24-12-13-25-27(4,5)26(31)16-17-28(25,6)23(24)15-19-29(22,30)7/h11,22-24,27H,10,12-20H2,1-9H3;10,21-22,25-26,31H,9,11-19H2,1-8H3/t22?,23-,24?,27-,29+,30+,31-;21?,22?,25-,26-,28+,29+,30-/m00/s1. The third-order valence-corrected chi connectivity index (χ3v) is 23.9. The molecule has 8 aliphatic rings. The lowest BCUT2D eigenvalue weighted by Gasteiger charge is -2.62. The molecule has 0 spiro atoms. The molecule has 0 amide bonds. The molecule has 352 valence electrons. The first-order chi connectivity index (χ1) is 28.8. The Morgan fingerprint density at radius 2 is 0.919 bits per heavy atom. The van der Waals surface area contributed by atoms with Gasteiger partial charge < -0.3 is 5.11 Å². The van der Waals surface area contributed by atoms with Crippen LogP contribution in [0.25, 0.3) is 0 Å². The highest BCUT2D eigenvalue weighted by atomic mass is 16.3. The van der Waals surface area contributed by atoms with E-state index in [0.29, 0.717) is 43.8 Å². The van der Waals surface area contributed by atoms with E-state index < -0.39 is 0 Å². The van der Waals surface area contributed by atoms with Crippen LogP contribution < -0.4 is 0 Å².